The topological polar surface area (TPSA) is 61.5 Å². The third-order valence-electron chi connectivity index (χ3n) is 11.4. The van der Waals surface area contributed by atoms with Crippen LogP contribution in [0.4, 0.5) is 0 Å². The van der Waals surface area contributed by atoms with Crippen LogP contribution in [-0.2, 0) is 5.41 Å². The normalized spacial score (nSPS) is 12.1. The molecule has 4 heteroatoms. The van der Waals surface area contributed by atoms with Gasteiger partial charge in [-0.05, 0) is 110 Å². The Labute approximate surface area is 338 Å². The zero-order chi connectivity index (χ0) is 39.4. The Bertz CT molecular complexity index is 3080. The summed E-state index contributed by atoms with van der Waals surface area (Å²) in [5.41, 5.74) is 19.8. The SMILES string of the molecule is CC(C)(C)c1cc2c(cc1C=O)-c1cc-2c(-c2ccccc2)c2ccc([nH]2)c(-c2ccccc2)c2nc(c(-c3ccccc3)c3ccc([nH]3)c1-c1ccccc1)C=C2. The second-order valence-electron chi connectivity index (χ2n) is 16.1. The molecule has 1 aliphatic carbocycles. The number of hydrogen-bond donors (Lipinski definition) is 2. The molecule has 0 unspecified atom stereocenters. The number of H-pyrrole nitrogens is 2. The summed E-state index contributed by atoms with van der Waals surface area (Å²) >= 11 is 0. The predicted octanol–water partition coefficient (Wildman–Crippen LogP) is 14.2. The van der Waals surface area contributed by atoms with Crippen molar-refractivity contribution in [1.29, 1.82) is 0 Å². The van der Waals surface area contributed by atoms with Crippen molar-refractivity contribution in [3.63, 3.8) is 0 Å². The number of benzene rings is 5. The van der Waals surface area contributed by atoms with E-state index in [1.165, 1.54) is 0 Å². The summed E-state index contributed by atoms with van der Waals surface area (Å²) in [6.45, 7) is 6.54. The van der Waals surface area contributed by atoms with Crippen LogP contribution in [0.15, 0.2) is 164 Å². The number of rotatable bonds is 5. The van der Waals surface area contributed by atoms with E-state index in [1.54, 1.807) is 0 Å². The van der Waals surface area contributed by atoms with Crippen molar-refractivity contribution in [1.82, 2.24) is 15.0 Å². The van der Waals surface area contributed by atoms with Gasteiger partial charge in [0.1, 0.15) is 6.29 Å². The number of hydrogen-bond acceptors (Lipinski definition) is 2. The van der Waals surface area contributed by atoms with E-state index in [1.807, 2.05) is 6.07 Å². The summed E-state index contributed by atoms with van der Waals surface area (Å²) in [6, 6.07) is 57.7. The summed E-state index contributed by atoms with van der Waals surface area (Å²) in [5, 5.41) is 0. The standard InChI is InChI=1S/C54H41N3O/c1-54(2,3)43-32-40-39(30-38(43)33-58)41-31-42(40)51(35-18-10-5-11-19-35)45-25-27-47(56-45)53(37-22-14-7-15-23-37)49-29-28-48(57-49)52(36-20-12-6-13-21-36)46-26-24-44(55-46)50(41)34-16-8-4-9-17-34/h4-33,55-56H,1-3H3. The van der Waals surface area contributed by atoms with Gasteiger partial charge in [-0.15, -0.1) is 0 Å². The van der Waals surface area contributed by atoms with E-state index >= 15 is 0 Å². The van der Waals surface area contributed by atoms with Gasteiger partial charge in [0.2, 0.25) is 0 Å². The van der Waals surface area contributed by atoms with Crippen molar-refractivity contribution in [2.24, 2.45) is 0 Å². The molecule has 58 heavy (non-hydrogen) atoms. The predicted molar refractivity (Wildman–Crippen MR) is 242 cm³/mol. The van der Waals surface area contributed by atoms with Gasteiger partial charge in [-0.3, -0.25) is 4.79 Å². The maximum absolute atomic E-state index is 13.0. The number of fused-ring (bicyclic) bond motifs is 11. The molecule has 10 rings (SSSR count). The third kappa shape index (κ3) is 6.02. The number of aldehydes is 1. The highest BCUT2D eigenvalue weighted by Crippen LogP contribution is 2.50. The van der Waals surface area contributed by atoms with Crippen LogP contribution in [-0.4, -0.2) is 21.2 Å². The zero-order valence-electron chi connectivity index (χ0n) is 32.7. The maximum atomic E-state index is 13.0. The molecule has 0 radical (unpaired) electrons. The second kappa shape index (κ2) is 14.0. The van der Waals surface area contributed by atoms with Gasteiger partial charge in [0.05, 0.1) is 11.4 Å². The fourth-order valence-corrected chi connectivity index (χ4v) is 8.75. The van der Waals surface area contributed by atoms with Gasteiger partial charge in [0, 0.05) is 49.9 Å². The first-order chi connectivity index (χ1) is 28.4. The molecule has 2 aliphatic rings. The Kier molecular flexibility index (Phi) is 8.49. The van der Waals surface area contributed by atoms with E-state index in [4.69, 9.17) is 4.98 Å². The molecule has 0 saturated carbocycles. The van der Waals surface area contributed by atoms with Gasteiger partial charge in [-0.2, -0.15) is 0 Å². The Balaban J connectivity index is 1.47. The van der Waals surface area contributed by atoms with Crippen LogP contribution in [0.25, 0.3) is 101 Å². The van der Waals surface area contributed by atoms with E-state index in [0.29, 0.717) is 5.56 Å². The Morgan fingerprint density at radius 3 is 1.17 bits per heavy atom. The molecular weight excluding hydrogens is 707 g/mol. The second-order valence-corrected chi connectivity index (χ2v) is 16.1. The van der Waals surface area contributed by atoms with Gasteiger partial charge >= 0.3 is 0 Å². The average molecular weight is 748 g/mol. The molecule has 5 aromatic carbocycles. The number of nitrogens with one attached hydrogen (secondary N) is 2. The minimum Gasteiger partial charge on any atom is -0.354 e. The van der Waals surface area contributed by atoms with Gasteiger partial charge < -0.3 is 9.97 Å². The summed E-state index contributed by atoms with van der Waals surface area (Å²) < 4.78 is 0. The van der Waals surface area contributed by atoms with E-state index in [0.717, 1.165) is 112 Å². The van der Waals surface area contributed by atoms with Gasteiger partial charge in [-0.1, -0.05) is 142 Å². The summed E-state index contributed by atoms with van der Waals surface area (Å²) in [7, 11) is 0. The third-order valence-corrected chi connectivity index (χ3v) is 11.4. The fraction of sp³-hybridized carbons (Fsp3) is 0.0741. The zero-order valence-corrected chi connectivity index (χ0v) is 32.7. The lowest BCUT2D eigenvalue weighted by molar-refractivity contribution is 0.112. The highest BCUT2D eigenvalue weighted by Gasteiger charge is 2.28. The lowest BCUT2D eigenvalue weighted by atomic mass is 9.81. The van der Waals surface area contributed by atoms with E-state index in [-0.39, 0.29) is 5.41 Å². The lowest BCUT2D eigenvalue weighted by Gasteiger charge is -2.23. The monoisotopic (exact) mass is 747 g/mol. The molecule has 1 aliphatic heterocycles. The van der Waals surface area contributed by atoms with Crippen LogP contribution >= 0.6 is 0 Å². The van der Waals surface area contributed by atoms with Gasteiger partial charge in [0.25, 0.3) is 0 Å². The number of nitrogens with zero attached hydrogens (tertiary/aromatic N) is 1. The molecule has 4 heterocycles. The minimum atomic E-state index is -0.268. The highest BCUT2D eigenvalue weighted by atomic mass is 16.1. The summed E-state index contributed by atoms with van der Waals surface area (Å²) in [5.74, 6) is 0. The van der Waals surface area contributed by atoms with Crippen molar-refractivity contribution >= 4 is 40.5 Å². The maximum Gasteiger partial charge on any atom is 0.150 e. The number of aromatic amines is 2. The molecule has 2 N–H and O–H groups in total. The molecule has 8 bridgehead atoms. The molecule has 3 aromatic heterocycles. The minimum absolute atomic E-state index is 0.268. The Morgan fingerprint density at radius 2 is 0.793 bits per heavy atom. The van der Waals surface area contributed by atoms with Crippen molar-refractivity contribution in [3.8, 4) is 66.8 Å². The fourth-order valence-electron chi connectivity index (χ4n) is 8.75. The first kappa shape index (κ1) is 35.1. The Hall–Kier alpha value is -7.30. The first-order valence-corrected chi connectivity index (χ1v) is 19.8. The van der Waals surface area contributed by atoms with Gasteiger partial charge in [-0.25, -0.2) is 4.98 Å². The average Bonchev–Trinajstić information content (AvgIpc) is 4.09. The first-order valence-electron chi connectivity index (χ1n) is 19.8. The molecule has 4 nitrogen and oxygen atoms in total. The lowest BCUT2D eigenvalue weighted by Crippen LogP contribution is -2.14. The quantitative estimate of drug-likeness (QED) is 0.172. The summed E-state index contributed by atoms with van der Waals surface area (Å²) in [4.78, 5) is 26.2. The van der Waals surface area contributed by atoms with Crippen molar-refractivity contribution < 1.29 is 4.79 Å². The van der Waals surface area contributed by atoms with Crippen molar-refractivity contribution in [2.45, 2.75) is 26.2 Å². The van der Waals surface area contributed by atoms with Crippen LogP contribution in [0.1, 0.15) is 48.1 Å². The molecule has 0 spiro atoms. The van der Waals surface area contributed by atoms with Crippen LogP contribution in [0.3, 0.4) is 0 Å². The molecular formula is C54H41N3O. The number of carbonyl (C=O) groups is 1. The largest absolute Gasteiger partial charge is 0.354 e. The van der Waals surface area contributed by atoms with Crippen LogP contribution in [0.2, 0.25) is 0 Å². The molecule has 0 fully saturated rings. The van der Waals surface area contributed by atoms with Crippen molar-refractivity contribution in [3.05, 3.63) is 186 Å². The van der Waals surface area contributed by atoms with Crippen LogP contribution < -0.4 is 0 Å². The summed E-state index contributed by atoms with van der Waals surface area (Å²) in [6.07, 6.45) is 5.29. The van der Waals surface area contributed by atoms with Crippen molar-refractivity contribution in [2.75, 3.05) is 0 Å². The van der Waals surface area contributed by atoms with E-state index in [2.05, 4.69) is 201 Å². The molecule has 0 amide bonds. The molecule has 0 atom stereocenters. The van der Waals surface area contributed by atoms with E-state index in [9.17, 15) is 4.79 Å². The van der Waals surface area contributed by atoms with Gasteiger partial charge in [0.15, 0.2) is 0 Å². The molecule has 0 saturated heterocycles. The van der Waals surface area contributed by atoms with Crippen LogP contribution in [0.5, 0.6) is 0 Å². The highest BCUT2D eigenvalue weighted by molar-refractivity contribution is 6.09. The molecule has 278 valence electrons. The van der Waals surface area contributed by atoms with Crippen LogP contribution in [0, 0.1) is 0 Å². The number of carbonyl (C=O) groups excluding carboxylic acids is 1. The Morgan fingerprint density at radius 1 is 0.431 bits per heavy atom. The molecule has 8 aromatic rings. The van der Waals surface area contributed by atoms with E-state index < -0.39 is 0 Å². The number of aromatic nitrogens is 3. The smallest absolute Gasteiger partial charge is 0.150 e.